The normalized spacial score (nSPS) is 14.6. The average Bonchev–Trinajstić information content (AvgIpc) is 3.17. The highest BCUT2D eigenvalue weighted by atomic mass is 16.3. The molecule has 0 bridgehead atoms. The van der Waals surface area contributed by atoms with Gasteiger partial charge in [-0.2, -0.15) is 0 Å². The fraction of sp³-hybridized carbons (Fsp3) is 0.250. The minimum atomic E-state index is -0.559. The van der Waals surface area contributed by atoms with Gasteiger partial charge in [0.05, 0.1) is 6.10 Å². The van der Waals surface area contributed by atoms with Crippen LogP contribution in [0.4, 0.5) is 5.69 Å². The van der Waals surface area contributed by atoms with Gasteiger partial charge in [-0.15, -0.1) is 0 Å². The van der Waals surface area contributed by atoms with E-state index < -0.39 is 6.10 Å². The lowest BCUT2D eigenvalue weighted by molar-refractivity contribution is 0.0942. The summed E-state index contributed by atoms with van der Waals surface area (Å²) in [6, 6.07) is 17.1. The highest BCUT2D eigenvalue weighted by molar-refractivity contribution is 5.94. The lowest BCUT2D eigenvalue weighted by Crippen LogP contribution is -2.25. The Hall–Kier alpha value is -2.59. The molecule has 1 heterocycles. The topological polar surface area (TPSA) is 52.6 Å². The summed E-state index contributed by atoms with van der Waals surface area (Å²) in [5, 5.41) is 13.0. The first-order valence-corrected chi connectivity index (χ1v) is 8.25. The lowest BCUT2D eigenvalue weighted by atomic mass is 10.1. The summed E-state index contributed by atoms with van der Waals surface area (Å²) in [6.45, 7) is 2.28. The van der Waals surface area contributed by atoms with Gasteiger partial charge in [0.2, 0.25) is 0 Å². The highest BCUT2D eigenvalue weighted by Crippen LogP contribution is 2.18. The molecule has 1 amide bonds. The van der Waals surface area contributed by atoms with Crippen LogP contribution in [0.3, 0.4) is 0 Å². The number of carbonyl (C=O) groups excluding carboxylic acids is 1. The monoisotopic (exact) mass is 322 g/mol. The maximum atomic E-state index is 12.2. The molecule has 2 N–H and O–H groups in total. The number of anilines is 1. The number of amides is 1. The predicted molar refractivity (Wildman–Crippen MR) is 96.1 cm³/mol. The molecule has 0 fully saturated rings. The van der Waals surface area contributed by atoms with Gasteiger partial charge in [-0.1, -0.05) is 42.5 Å². The minimum absolute atomic E-state index is 0.110. The second kappa shape index (κ2) is 7.79. The van der Waals surface area contributed by atoms with Crippen molar-refractivity contribution < 1.29 is 9.90 Å². The molecule has 2 aromatic rings. The molecule has 0 aromatic heterocycles. The molecule has 4 heteroatoms. The molecular formula is C20H22N2O2. The molecule has 3 rings (SSSR count). The van der Waals surface area contributed by atoms with E-state index in [1.807, 2.05) is 54.6 Å². The van der Waals surface area contributed by atoms with Crippen molar-refractivity contribution in [2.24, 2.45) is 0 Å². The van der Waals surface area contributed by atoms with Crippen molar-refractivity contribution in [1.82, 2.24) is 5.32 Å². The number of benzene rings is 2. The highest BCUT2D eigenvalue weighted by Gasteiger charge is 2.11. The molecule has 124 valence electrons. The van der Waals surface area contributed by atoms with Crippen LogP contribution in [-0.4, -0.2) is 30.6 Å². The number of nitrogens with zero attached hydrogens (tertiary/aromatic N) is 1. The summed E-state index contributed by atoms with van der Waals surface area (Å²) in [6.07, 6.45) is 4.21. The number of rotatable bonds is 6. The largest absolute Gasteiger partial charge is 0.388 e. The molecule has 1 aliphatic rings. The third-order valence-electron chi connectivity index (χ3n) is 4.20. The first-order valence-electron chi connectivity index (χ1n) is 8.25. The van der Waals surface area contributed by atoms with Gasteiger partial charge in [-0.05, 0) is 36.2 Å². The van der Waals surface area contributed by atoms with Crippen LogP contribution in [0.1, 0.15) is 28.4 Å². The SMILES string of the molecule is O=C(NCCC(O)c1ccccc1)c1ccc(N2CC=CC2)cc1. The molecule has 0 saturated carbocycles. The Morgan fingerprint density at radius 1 is 1.04 bits per heavy atom. The Kier molecular flexibility index (Phi) is 5.29. The van der Waals surface area contributed by atoms with E-state index in [9.17, 15) is 9.90 Å². The number of hydrogen-bond acceptors (Lipinski definition) is 3. The number of aliphatic hydroxyl groups is 1. The summed E-state index contributed by atoms with van der Waals surface area (Å²) in [7, 11) is 0. The Labute approximate surface area is 142 Å². The van der Waals surface area contributed by atoms with Gasteiger partial charge < -0.3 is 15.3 Å². The first kappa shape index (κ1) is 16.3. The van der Waals surface area contributed by atoms with Crippen molar-refractivity contribution >= 4 is 11.6 Å². The van der Waals surface area contributed by atoms with Crippen molar-refractivity contribution in [3.05, 3.63) is 77.9 Å². The zero-order valence-electron chi connectivity index (χ0n) is 13.6. The Balaban J connectivity index is 1.48. The van der Waals surface area contributed by atoms with Crippen LogP contribution in [0.25, 0.3) is 0 Å². The molecule has 1 aliphatic heterocycles. The van der Waals surface area contributed by atoms with E-state index in [1.54, 1.807) is 0 Å². The van der Waals surface area contributed by atoms with Crippen molar-refractivity contribution in [1.29, 1.82) is 0 Å². The summed E-state index contributed by atoms with van der Waals surface area (Å²) >= 11 is 0. The third-order valence-corrected chi connectivity index (χ3v) is 4.20. The maximum absolute atomic E-state index is 12.2. The summed E-state index contributed by atoms with van der Waals surface area (Å²) in [5.74, 6) is -0.110. The summed E-state index contributed by atoms with van der Waals surface area (Å²) in [4.78, 5) is 14.4. The van der Waals surface area contributed by atoms with Crippen LogP contribution in [0, 0.1) is 0 Å². The zero-order valence-corrected chi connectivity index (χ0v) is 13.6. The van der Waals surface area contributed by atoms with Crippen molar-refractivity contribution in [3.63, 3.8) is 0 Å². The van der Waals surface area contributed by atoms with Gasteiger partial charge in [-0.25, -0.2) is 0 Å². The molecule has 24 heavy (non-hydrogen) atoms. The number of aliphatic hydroxyl groups excluding tert-OH is 1. The van der Waals surface area contributed by atoms with E-state index in [1.165, 1.54) is 0 Å². The quantitative estimate of drug-likeness (QED) is 0.804. The second-order valence-corrected chi connectivity index (χ2v) is 5.89. The van der Waals surface area contributed by atoms with Crippen LogP contribution >= 0.6 is 0 Å². The van der Waals surface area contributed by atoms with Crippen molar-refractivity contribution in [2.75, 3.05) is 24.5 Å². The first-order chi connectivity index (χ1) is 11.7. The van der Waals surface area contributed by atoms with E-state index in [4.69, 9.17) is 0 Å². The molecule has 0 spiro atoms. The number of hydrogen-bond donors (Lipinski definition) is 2. The molecule has 0 saturated heterocycles. The predicted octanol–water partition coefficient (Wildman–Crippen LogP) is 2.92. The van der Waals surface area contributed by atoms with E-state index >= 15 is 0 Å². The van der Waals surface area contributed by atoms with Crippen LogP contribution in [0.15, 0.2) is 66.7 Å². The zero-order chi connectivity index (χ0) is 16.8. The molecule has 4 nitrogen and oxygen atoms in total. The fourth-order valence-corrected chi connectivity index (χ4v) is 2.78. The second-order valence-electron chi connectivity index (χ2n) is 5.89. The standard InChI is InChI=1S/C20H22N2O2/c23-19(16-6-2-1-3-7-16)12-13-21-20(24)17-8-10-18(11-9-17)22-14-4-5-15-22/h1-11,19,23H,12-15H2,(H,21,24). The molecule has 2 aromatic carbocycles. The van der Waals surface area contributed by atoms with Crippen LogP contribution < -0.4 is 10.2 Å². The van der Waals surface area contributed by atoms with Crippen LogP contribution in [-0.2, 0) is 0 Å². The van der Waals surface area contributed by atoms with E-state index in [0.717, 1.165) is 24.3 Å². The Morgan fingerprint density at radius 3 is 2.38 bits per heavy atom. The van der Waals surface area contributed by atoms with Gasteiger partial charge in [0.1, 0.15) is 0 Å². The molecule has 0 aliphatic carbocycles. The maximum Gasteiger partial charge on any atom is 0.251 e. The minimum Gasteiger partial charge on any atom is -0.388 e. The van der Waals surface area contributed by atoms with E-state index in [2.05, 4.69) is 22.4 Å². The summed E-state index contributed by atoms with van der Waals surface area (Å²) < 4.78 is 0. The smallest absolute Gasteiger partial charge is 0.251 e. The third kappa shape index (κ3) is 4.03. The van der Waals surface area contributed by atoms with Crippen molar-refractivity contribution in [3.8, 4) is 0 Å². The number of carbonyl (C=O) groups is 1. The average molecular weight is 322 g/mol. The van der Waals surface area contributed by atoms with Gasteiger partial charge in [0.25, 0.3) is 5.91 Å². The Bertz CT molecular complexity index is 687. The van der Waals surface area contributed by atoms with Crippen LogP contribution in [0.5, 0.6) is 0 Å². The number of nitrogens with one attached hydrogen (secondary N) is 1. The molecular weight excluding hydrogens is 300 g/mol. The van der Waals surface area contributed by atoms with Gasteiger partial charge in [-0.3, -0.25) is 4.79 Å². The fourth-order valence-electron chi connectivity index (χ4n) is 2.78. The van der Waals surface area contributed by atoms with Crippen LogP contribution in [0.2, 0.25) is 0 Å². The van der Waals surface area contributed by atoms with Gasteiger partial charge in [0.15, 0.2) is 0 Å². The lowest BCUT2D eigenvalue weighted by Gasteiger charge is -2.17. The summed E-state index contributed by atoms with van der Waals surface area (Å²) in [5.41, 5.74) is 2.63. The van der Waals surface area contributed by atoms with Crippen molar-refractivity contribution in [2.45, 2.75) is 12.5 Å². The molecule has 0 radical (unpaired) electrons. The van der Waals surface area contributed by atoms with E-state index in [0.29, 0.717) is 18.5 Å². The van der Waals surface area contributed by atoms with Gasteiger partial charge in [0, 0.05) is 30.9 Å². The van der Waals surface area contributed by atoms with Gasteiger partial charge >= 0.3 is 0 Å². The molecule has 1 atom stereocenters. The van der Waals surface area contributed by atoms with E-state index in [-0.39, 0.29) is 5.91 Å². The molecule has 1 unspecified atom stereocenters. The Morgan fingerprint density at radius 2 is 1.71 bits per heavy atom.